The molecule has 0 spiro atoms. The Balaban J connectivity index is 1.86. The maximum Gasteiger partial charge on any atom is 0.381 e. The lowest BCUT2D eigenvalue weighted by molar-refractivity contribution is -0.130. The summed E-state index contributed by atoms with van der Waals surface area (Å²) in [5.74, 6) is 4.54. The van der Waals surface area contributed by atoms with Gasteiger partial charge in [-0.2, -0.15) is 0 Å². The lowest BCUT2D eigenvalue weighted by Crippen LogP contribution is -2.47. The summed E-state index contributed by atoms with van der Waals surface area (Å²) < 4.78 is 44.7. The Hall–Kier alpha value is -3.06. The van der Waals surface area contributed by atoms with Gasteiger partial charge in [0.25, 0.3) is 0 Å². The van der Waals surface area contributed by atoms with E-state index in [0.29, 0.717) is 32.5 Å². The van der Waals surface area contributed by atoms with Crippen molar-refractivity contribution in [2.45, 2.75) is 179 Å². The summed E-state index contributed by atoms with van der Waals surface area (Å²) in [6.07, 6.45) is 18.5. The topological polar surface area (TPSA) is 102 Å². The molecular weight excluding hydrogens is 801 g/mol. The van der Waals surface area contributed by atoms with Crippen LogP contribution in [0.3, 0.4) is 0 Å². The largest absolute Gasteiger partial charge is 0.497 e. The van der Waals surface area contributed by atoms with Crippen LogP contribution in [0.2, 0.25) is 36.3 Å². The number of aliphatic carboxylic acids is 1. The maximum atomic E-state index is 10.9. The van der Waals surface area contributed by atoms with Crippen LogP contribution in [-0.4, -0.2) is 91.3 Å². The number of hydrogen-bond acceptors (Lipinski definition) is 8. The number of methoxy groups -OCH3 is 2. The van der Waals surface area contributed by atoms with Gasteiger partial charge >= 0.3 is 5.97 Å². The van der Waals surface area contributed by atoms with Gasteiger partial charge in [0, 0.05) is 19.5 Å². The zero-order valence-electron chi connectivity index (χ0n) is 39.7. The molecule has 2 aliphatic rings. The Morgan fingerprint density at radius 1 is 1.00 bits per heavy atom. The highest BCUT2D eigenvalue weighted by Gasteiger charge is 2.41. The van der Waals surface area contributed by atoms with Crippen LogP contribution < -0.4 is 4.74 Å². The minimum Gasteiger partial charge on any atom is -0.497 e. The monoisotopic (exact) mass is 879 g/mol. The van der Waals surface area contributed by atoms with Gasteiger partial charge in [-0.25, -0.2) is 4.79 Å². The van der Waals surface area contributed by atoms with Gasteiger partial charge in [0.05, 0.1) is 56.9 Å². The predicted molar refractivity (Wildman–Crippen MR) is 253 cm³/mol. The molecule has 1 unspecified atom stereocenters. The first-order valence-corrected chi connectivity index (χ1v) is 27.8. The van der Waals surface area contributed by atoms with E-state index >= 15 is 0 Å². The number of hydrogen-bond donors (Lipinski definition) is 1. The second-order valence-electron chi connectivity index (χ2n) is 19.6. The number of rotatable bonds is 22. The molecular formula is C50H78O9Si2. The Morgan fingerprint density at radius 2 is 1.67 bits per heavy atom. The summed E-state index contributed by atoms with van der Waals surface area (Å²) in [7, 11) is -1.04. The molecule has 2 aliphatic heterocycles. The lowest BCUT2D eigenvalue weighted by atomic mass is 9.98. The molecule has 0 radical (unpaired) electrons. The van der Waals surface area contributed by atoms with Crippen LogP contribution in [-0.2, 0) is 39.2 Å². The van der Waals surface area contributed by atoms with Crippen molar-refractivity contribution in [1.29, 1.82) is 0 Å². The zero-order chi connectivity index (χ0) is 45.4. The molecule has 2 heterocycles. The van der Waals surface area contributed by atoms with Crippen molar-refractivity contribution >= 4 is 22.6 Å². The van der Waals surface area contributed by atoms with Crippen molar-refractivity contribution in [1.82, 2.24) is 0 Å². The van der Waals surface area contributed by atoms with Crippen molar-refractivity contribution in [2.24, 2.45) is 0 Å². The first-order valence-electron chi connectivity index (χ1n) is 22.0. The molecule has 1 N–H and O–H groups in total. The second kappa shape index (κ2) is 24.1. The summed E-state index contributed by atoms with van der Waals surface area (Å²) in [6, 6.07) is 8.03. The van der Waals surface area contributed by atoms with E-state index in [1.54, 1.807) is 14.2 Å². The molecule has 0 aromatic heterocycles. The molecule has 7 atom stereocenters. The van der Waals surface area contributed by atoms with Gasteiger partial charge in [0.15, 0.2) is 16.6 Å². The summed E-state index contributed by atoms with van der Waals surface area (Å²) in [6.45, 7) is 30.5. The second-order valence-corrected chi connectivity index (χ2v) is 29.1. The number of carbonyl (C=O) groups is 1. The number of benzene rings is 1. The highest BCUT2D eigenvalue weighted by molar-refractivity contribution is 6.74. The summed E-state index contributed by atoms with van der Waals surface area (Å²) in [5, 5.41) is 8.94. The quantitative estimate of drug-likeness (QED) is 0.0693. The van der Waals surface area contributed by atoms with Crippen molar-refractivity contribution in [3.8, 4) is 17.6 Å². The van der Waals surface area contributed by atoms with Gasteiger partial charge in [-0.15, -0.1) is 0 Å². The molecule has 3 rings (SSSR count). The van der Waals surface area contributed by atoms with E-state index in [1.165, 1.54) is 5.57 Å². The van der Waals surface area contributed by atoms with E-state index in [4.69, 9.17) is 37.6 Å². The molecule has 0 saturated heterocycles. The molecule has 9 nitrogen and oxygen atoms in total. The van der Waals surface area contributed by atoms with E-state index in [9.17, 15) is 4.79 Å². The predicted octanol–water partition coefficient (Wildman–Crippen LogP) is 11.5. The van der Waals surface area contributed by atoms with Crippen molar-refractivity contribution in [3.05, 3.63) is 90.1 Å². The fourth-order valence-corrected chi connectivity index (χ4v) is 9.16. The van der Waals surface area contributed by atoms with Crippen LogP contribution in [0.25, 0.3) is 0 Å². The molecule has 0 bridgehead atoms. The van der Waals surface area contributed by atoms with Crippen LogP contribution in [0, 0.1) is 11.8 Å². The van der Waals surface area contributed by atoms with E-state index in [2.05, 4.69) is 123 Å². The van der Waals surface area contributed by atoms with Gasteiger partial charge in [-0.05, 0) is 99.4 Å². The number of carboxylic acid groups (broad SMARTS) is 1. The minimum atomic E-state index is -2.24. The van der Waals surface area contributed by atoms with Crippen LogP contribution >= 0.6 is 0 Å². The van der Waals surface area contributed by atoms with Gasteiger partial charge < -0.3 is 37.6 Å². The average Bonchev–Trinajstić information content (AvgIpc) is 3.17. The third-order valence-corrected chi connectivity index (χ3v) is 21.5. The smallest absolute Gasteiger partial charge is 0.381 e. The van der Waals surface area contributed by atoms with Gasteiger partial charge in [0.1, 0.15) is 11.9 Å². The van der Waals surface area contributed by atoms with Gasteiger partial charge in [0.2, 0.25) is 0 Å². The fourth-order valence-electron chi connectivity index (χ4n) is 6.63. The molecule has 1 aromatic carbocycles. The number of carboxylic acids is 1. The summed E-state index contributed by atoms with van der Waals surface area (Å²) >= 11 is 0. The SMILES string of the molecule is C=C(CCC[C@H]1O[C@H](CC#CC(=O)O)C=C[C@@H]1OC)CC(/C=C/C[C@H](OCc1ccc(OC)cc1)[C@H](/C=C/[C@@H]1CC(C)=CCO1)O[Si](C)(C)C(C)(C)C)O[Si](C)(C)C(C)(C)C. The van der Waals surface area contributed by atoms with Crippen LogP contribution in [0.15, 0.2) is 84.5 Å². The number of ether oxygens (including phenoxy) is 5. The van der Waals surface area contributed by atoms with Gasteiger partial charge in [-0.1, -0.05) is 120 Å². The van der Waals surface area contributed by atoms with Crippen molar-refractivity contribution < 1.29 is 42.4 Å². The highest BCUT2D eigenvalue weighted by atomic mass is 28.4. The molecule has 0 fully saturated rings. The van der Waals surface area contributed by atoms with Crippen molar-refractivity contribution in [3.63, 3.8) is 0 Å². The normalized spacial score (nSPS) is 21.8. The van der Waals surface area contributed by atoms with E-state index in [0.717, 1.165) is 42.6 Å². The minimum absolute atomic E-state index is 0.00121. The third-order valence-electron chi connectivity index (χ3n) is 12.5. The Labute approximate surface area is 371 Å². The lowest BCUT2D eigenvalue weighted by Gasteiger charge is -2.40. The third kappa shape index (κ3) is 17.9. The van der Waals surface area contributed by atoms with Crippen LogP contribution in [0.5, 0.6) is 5.75 Å². The first kappa shape index (κ1) is 52.3. The zero-order valence-corrected chi connectivity index (χ0v) is 41.7. The maximum absolute atomic E-state index is 10.9. The molecule has 0 amide bonds. The van der Waals surface area contributed by atoms with Crippen LogP contribution in [0.4, 0.5) is 0 Å². The molecule has 340 valence electrons. The standard InChI is InChI=1S/C50H78O9Si2/c1-37(18-15-22-46-44(54-10)30-28-41(57-46)19-17-23-48(51)52)35-43(58-60(11,12)49(3,4)5)20-16-21-45(56-36-39-24-26-40(53-9)27-25-39)47(59-61(13,14)50(6,7)8)31-29-42-34-38(2)32-33-55-42/h16,20,24-32,41-47H,1,15,18-19,21-22,33-36H2,2-14H3,(H,51,52)/b20-16+,31-29+/t41-,42-,43?,44+,45+,46-,47+/m1/s1. The summed E-state index contributed by atoms with van der Waals surface area (Å²) in [4.78, 5) is 10.9. The first-order chi connectivity index (χ1) is 28.5. The summed E-state index contributed by atoms with van der Waals surface area (Å²) in [5.41, 5.74) is 3.51. The molecule has 61 heavy (non-hydrogen) atoms. The van der Waals surface area contributed by atoms with Crippen LogP contribution in [0.1, 0.15) is 99.0 Å². The fraction of sp³-hybridized carbons (Fsp3) is 0.620. The Bertz CT molecular complexity index is 1720. The molecule has 1 aromatic rings. The van der Waals surface area contributed by atoms with E-state index in [1.807, 2.05) is 36.4 Å². The van der Waals surface area contributed by atoms with E-state index in [-0.39, 0.29) is 52.8 Å². The molecule has 11 heteroatoms. The van der Waals surface area contributed by atoms with Gasteiger partial charge in [-0.3, -0.25) is 0 Å². The Morgan fingerprint density at radius 3 is 2.28 bits per heavy atom. The van der Waals surface area contributed by atoms with E-state index < -0.39 is 22.6 Å². The Kier molecular flexibility index (Phi) is 20.7. The molecule has 0 saturated carbocycles. The average molecular weight is 879 g/mol. The molecule has 0 aliphatic carbocycles. The highest BCUT2D eigenvalue weighted by Crippen LogP contribution is 2.40. The van der Waals surface area contributed by atoms with Crippen molar-refractivity contribution in [2.75, 3.05) is 20.8 Å².